The first-order valence-corrected chi connectivity index (χ1v) is 9.30. The predicted octanol–water partition coefficient (Wildman–Crippen LogP) is 3.35. The van der Waals surface area contributed by atoms with Gasteiger partial charge in [0.05, 0.1) is 5.92 Å². The Bertz CT molecular complexity index is 640. The summed E-state index contributed by atoms with van der Waals surface area (Å²) < 4.78 is 13.4. The van der Waals surface area contributed by atoms with Gasteiger partial charge in [0.15, 0.2) is 0 Å². The van der Waals surface area contributed by atoms with E-state index >= 15 is 0 Å². The topological polar surface area (TPSA) is 40.6 Å². The molecule has 3 rings (SSSR count). The van der Waals surface area contributed by atoms with E-state index in [-0.39, 0.29) is 29.6 Å². The molecule has 0 aromatic heterocycles. The molecule has 2 amide bonds. The molecule has 0 bridgehead atoms. The van der Waals surface area contributed by atoms with Crippen LogP contribution in [0, 0.1) is 11.7 Å². The monoisotopic (exact) mass is 346 g/mol. The number of hydrogen-bond acceptors (Lipinski definition) is 2. The fourth-order valence-electron chi connectivity index (χ4n) is 4.05. The van der Waals surface area contributed by atoms with Crippen molar-refractivity contribution in [3.63, 3.8) is 0 Å². The van der Waals surface area contributed by atoms with Gasteiger partial charge in [-0.25, -0.2) is 4.39 Å². The van der Waals surface area contributed by atoms with Crippen LogP contribution < -0.4 is 0 Å². The Kier molecular flexibility index (Phi) is 5.40. The van der Waals surface area contributed by atoms with E-state index in [1.54, 1.807) is 11.0 Å². The third kappa shape index (κ3) is 4.02. The maximum atomic E-state index is 13.4. The fraction of sp³-hybridized carbons (Fsp3) is 0.600. The SMILES string of the molecule is CC(C)N(Cc1cccc(F)c1)C(=O)C1CC(=O)N(C2CCCC2)C1. The van der Waals surface area contributed by atoms with Crippen molar-refractivity contribution in [2.45, 2.75) is 64.6 Å². The van der Waals surface area contributed by atoms with Crippen LogP contribution in [0.25, 0.3) is 0 Å². The normalized spacial score (nSPS) is 21.4. The Hall–Kier alpha value is -1.91. The molecule has 1 aromatic carbocycles. The van der Waals surface area contributed by atoms with Crippen molar-refractivity contribution in [3.05, 3.63) is 35.6 Å². The van der Waals surface area contributed by atoms with Crippen molar-refractivity contribution in [1.29, 1.82) is 0 Å². The number of carbonyl (C=O) groups excluding carboxylic acids is 2. The molecule has 1 unspecified atom stereocenters. The third-order valence-electron chi connectivity index (χ3n) is 5.42. The van der Waals surface area contributed by atoms with E-state index in [2.05, 4.69) is 0 Å². The molecular formula is C20H27FN2O2. The number of nitrogens with zero attached hydrogens (tertiary/aromatic N) is 2. The molecule has 0 N–H and O–H groups in total. The van der Waals surface area contributed by atoms with Gasteiger partial charge in [-0.1, -0.05) is 25.0 Å². The number of likely N-dealkylation sites (tertiary alicyclic amines) is 1. The van der Waals surface area contributed by atoms with E-state index in [1.165, 1.54) is 25.0 Å². The van der Waals surface area contributed by atoms with Gasteiger partial charge in [0.2, 0.25) is 11.8 Å². The van der Waals surface area contributed by atoms with Gasteiger partial charge in [-0.05, 0) is 44.4 Å². The molecule has 1 saturated heterocycles. The van der Waals surface area contributed by atoms with Crippen LogP contribution in [0.3, 0.4) is 0 Å². The lowest BCUT2D eigenvalue weighted by Crippen LogP contribution is -2.42. The molecule has 2 fully saturated rings. The van der Waals surface area contributed by atoms with Gasteiger partial charge < -0.3 is 9.80 Å². The lowest BCUT2D eigenvalue weighted by atomic mass is 10.0. The van der Waals surface area contributed by atoms with Gasteiger partial charge in [0.25, 0.3) is 0 Å². The quantitative estimate of drug-likeness (QED) is 0.820. The van der Waals surface area contributed by atoms with Gasteiger partial charge in [0, 0.05) is 31.6 Å². The summed E-state index contributed by atoms with van der Waals surface area (Å²) >= 11 is 0. The lowest BCUT2D eigenvalue weighted by molar-refractivity contribution is -0.138. The smallest absolute Gasteiger partial charge is 0.228 e. The molecule has 2 aliphatic rings. The van der Waals surface area contributed by atoms with Crippen LogP contribution in [-0.2, 0) is 16.1 Å². The van der Waals surface area contributed by atoms with Crippen molar-refractivity contribution >= 4 is 11.8 Å². The molecule has 1 aliphatic heterocycles. The highest BCUT2D eigenvalue weighted by molar-refractivity contribution is 5.89. The van der Waals surface area contributed by atoms with E-state index in [9.17, 15) is 14.0 Å². The molecular weight excluding hydrogens is 319 g/mol. The van der Waals surface area contributed by atoms with Gasteiger partial charge in [-0.3, -0.25) is 9.59 Å². The van der Waals surface area contributed by atoms with E-state index in [4.69, 9.17) is 0 Å². The van der Waals surface area contributed by atoms with Crippen molar-refractivity contribution in [2.75, 3.05) is 6.54 Å². The number of hydrogen-bond donors (Lipinski definition) is 0. The summed E-state index contributed by atoms with van der Waals surface area (Å²) in [4.78, 5) is 29.1. The zero-order valence-electron chi connectivity index (χ0n) is 15.1. The van der Waals surface area contributed by atoms with Crippen LogP contribution in [-0.4, -0.2) is 40.2 Å². The van der Waals surface area contributed by atoms with E-state index in [1.807, 2.05) is 24.8 Å². The summed E-state index contributed by atoms with van der Waals surface area (Å²) in [6.07, 6.45) is 4.77. The van der Waals surface area contributed by atoms with Crippen molar-refractivity contribution in [2.24, 2.45) is 5.92 Å². The number of benzene rings is 1. The number of amides is 2. The Balaban J connectivity index is 1.69. The number of halogens is 1. The second-order valence-corrected chi connectivity index (χ2v) is 7.58. The Morgan fingerprint density at radius 1 is 1.32 bits per heavy atom. The van der Waals surface area contributed by atoms with Crippen LogP contribution in [0.5, 0.6) is 0 Å². The molecule has 5 heteroatoms. The summed E-state index contributed by atoms with van der Waals surface area (Å²) in [6.45, 7) is 4.84. The average molecular weight is 346 g/mol. The average Bonchev–Trinajstić information content (AvgIpc) is 3.21. The van der Waals surface area contributed by atoms with Crippen molar-refractivity contribution in [1.82, 2.24) is 9.80 Å². The van der Waals surface area contributed by atoms with Crippen molar-refractivity contribution < 1.29 is 14.0 Å². The Morgan fingerprint density at radius 2 is 2.04 bits per heavy atom. The second kappa shape index (κ2) is 7.54. The minimum Gasteiger partial charge on any atom is -0.339 e. The van der Waals surface area contributed by atoms with Gasteiger partial charge in [-0.2, -0.15) is 0 Å². The van der Waals surface area contributed by atoms with Crippen LogP contribution in [0.1, 0.15) is 51.5 Å². The van der Waals surface area contributed by atoms with Crippen LogP contribution >= 0.6 is 0 Å². The summed E-state index contributed by atoms with van der Waals surface area (Å²) in [5, 5.41) is 0. The first-order valence-electron chi connectivity index (χ1n) is 9.30. The zero-order chi connectivity index (χ0) is 18.0. The first-order chi connectivity index (χ1) is 12.0. The minimum absolute atomic E-state index is 0.00593. The highest BCUT2D eigenvalue weighted by atomic mass is 19.1. The van der Waals surface area contributed by atoms with Crippen LogP contribution in [0.15, 0.2) is 24.3 Å². The van der Waals surface area contributed by atoms with Gasteiger partial charge >= 0.3 is 0 Å². The fourth-order valence-corrected chi connectivity index (χ4v) is 4.05. The van der Waals surface area contributed by atoms with E-state index in [0.29, 0.717) is 25.6 Å². The van der Waals surface area contributed by atoms with Crippen LogP contribution in [0.2, 0.25) is 0 Å². The summed E-state index contributed by atoms with van der Waals surface area (Å²) in [6, 6.07) is 6.69. The standard InChI is InChI=1S/C20H27FN2O2/c1-14(2)22(12-15-6-5-7-17(21)10-15)20(25)16-11-19(24)23(13-16)18-8-3-4-9-18/h5-7,10,14,16,18H,3-4,8-9,11-13H2,1-2H3. The molecule has 1 atom stereocenters. The zero-order valence-corrected chi connectivity index (χ0v) is 15.1. The van der Waals surface area contributed by atoms with Crippen LogP contribution in [0.4, 0.5) is 4.39 Å². The molecule has 0 radical (unpaired) electrons. The predicted molar refractivity (Wildman–Crippen MR) is 94.2 cm³/mol. The number of rotatable bonds is 5. The molecule has 0 spiro atoms. The summed E-state index contributed by atoms with van der Waals surface area (Å²) in [5.74, 6) is -0.450. The lowest BCUT2D eigenvalue weighted by Gasteiger charge is -2.30. The Labute approximate surface area is 149 Å². The maximum absolute atomic E-state index is 13.4. The third-order valence-corrected chi connectivity index (χ3v) is 5.42. The molecule has 4 nitrogen and oxygen atoms in total. The first kappa shape index (κ1) is 17.9. The van der Waals surface area contributed by atoms with Crippen molar-refractivity contribution in [3.8, 4) is 0 Å². The highest BCUT2D eigenvalue weighted by Crippen LogP contribution is 2.30. The molecule has 1 aliphatic carbocycles. The maximum Gasteiger partial charge on any atom is 0.228 e. The molecule has 1 saturated carbocycles. The summed E-state index contributed by atoms with van der Waals surface area (Å²) in [5.41, 5.74) is 0.777. The van der Waals surface area contributed by atoms with Gasteiger partial charge in [-0.15, -0.1) is 0 Å². The second-order valence-electron chi connectivity index (χ2n) is 7.58. The van der Waals surface area contributed by atoms with E-state index in [0.717, 1.165) is 18.4 Å². The number of carbonyl (C=O) groups is 2. The van der Waals surface area contributed by atoms with Gasteiger partial charge in [0.1, 0.15) is 5.82 Å². The molecule has 1 aromatic rings. The molecule has 1 heterocycles. The minimum atomic E-state index is -0.294. The molecule has 136 valence electrons. The highest BCUT2D eigenvalue weighted by Gasteiger charge is 2.40. The Morgan fingerprint density at radius 3 is 2.68 bits per heavy atom. The van der Waals surface area contributed by atoms with E-state index < -0.39 is 0 Å². The summed E-state index contributed by atoms with van der Waals surface area (Å²) in [7, 11) is 0. The largest absolute Gasteiger partial charge is 0.339 e. The molecule has 25 heavy (non-hydrogen) atoms.